The molecule has 102 valence electrons. The Morgan fingerprint density at radius 2 is 2.11 bits per heavy atom. The number of hydrogen-bond donors (Lipinski definition) is 1. The van der Waals surface area contributed by atoms with Crippen molar-refractivity contribution in [3.05, 3.63) is 35.8 Å². The first-order chi connectivity index (χ1) is 9.28. The highest BCUT2D eigenvalue weighted by Crippen LogP contribution is 2.39. The zero-order valence-electron chi connectivity index (χ0n) is 11.3. The molecular weight excluding hydrogens is 241 g/mol. The smallest absolute Gasteiger partial charge is 0.134 e. The fourth-order valence-corrected chi connectivity index (χ4v) is 3.31. The van der Waals surface area contributed by atoms with Crippen LogP contribution in [0.5, 0.6) is 0 Å². The lowest BCUT2D eigenvalue weighted by Gasteiger charge is -2.29. The maximum Gasteiger partial charge on any atom is 0.134 e. The second kappa shape index (κ2) is 5.33. The molecule has 1 aliphatic carbocycles. The molecule has 2 nitrogen and oxygen atoms in total. The summed E-state index contributed by atoms with van der Waals surface area (Å²) in [6, 6.07) is 6.76. The normalized spacial score (nSPS) is 23.9. The van der Waals surface area contributed by atoms with Crippen LogP contribution in [0.4, 0.5) is 4.39 Å². The minimum atomic E-state index is -0.199. The van der Waals surface area contributed by atoms with E-state index in [2.05, 4.69) is 5.32 Å². The van der Waals surface area contributed by atoms with Crippen LogP contribution in [0.1, 0.15) is 37.4 Å². The molecular formula is C16H20FNO. The predicted molar refractivity (Wildman–Crippen MR) is 74.8 cm³/mol. The van der Waals surface area contributed by atoms with Gasteiger partial charge < -0.3 is 9.73 Å². The number of halogens is 1. The van der Waals surface area contributed by atoms with E-state index in [9.17, 15) is 4.39 Å². The third kappa shape index (κ3) is 2.52. The summed E-state index contributed by atoms with van der Waals surface area (Å²) in [6.07, 6.45) is 4.99. The van der Waals surface area contributed by atoms with Gasteiger partial charge in [-0.1, -0.05) is 12.8 Å². The van der Waals surface area contributed by atoms with Crippen LogP contribution < -0.4 is 5.32 Å². The topological polar surface area (TPSA) is 25.2 Å². The van der Waals surface area contributed by atoms with Gasteiger partial charge in [-0.2, -0.15) is 0 Å². The van der Waals surface area contributed by atoms with Crippen molar-refractivity contribution in [2.24, 2.45) is 5.92 Å². The third-order valence-corrected chi connectivity index (χ3v) is 4.24. The van der Waals surface area contributed by atoms with Crippen LogP contribution >= 0.6 is 0 Å². The van der Waals surface area contributed by atoms with Crippen molar-refractivity contribution in [1.82, 2.24) is 5.32 Å². The molecule has 0 spiro atoms. The van der Waals surface area contributed by atoms with Crippen LogP contribution in [-0.4, -0.2) is 13.6 Å². The van der Waals surface area contributed by atoms with Gasteiger partial charge in [-0.25, -0.2) is 4.39 Å². The van der Waals surface area contributed by atoms with Crippen molar-refractivity contribution in [2.75, 3.05) is 13.6 Å². The zero-order valence-corrected chi connectivity index (χ0v) is 11.3. The fourth-order valence-electron chi connectivity index (χ4n) is 3.31. The average molecular weight is 261 g/mol. The SMILES string of the molecule is CNCC1CCCCC1c1cc2cc(F)ccc2o1. The van der Waals surface area contributed by atoms with Crippen LogP contribution in [0.15, 0.2) is 28.7 Å². The Bertz CT molecular complexity index is 561. The Balaban J connectivity index is 1.92. The molecule has 3 heteroatoms. The van der Waals surface area contributed by atoms with E-state index >= 15 is 0 Å². The molecule has 1 aliphatic rings. The largest absolute Gasteiger partial charge is 0.461 e. The minimum absolute atomic E-state index is 0.199. The van der Waals surface area contributed by atoms with Gasteiger partial charge in [-0.05, 0) is 56.6 Å². The molecule has 0 aliphatic heterocycles. The van der Waals surface area contributed by atoms with E-state index in [4.69, 9.17) is 4.42 Å². The van der Waals surface area contributed by atoms with Crippen LogP contribution in [0, 0.1) is 11.7 Å². The monoisotopic (exact) mass is 261 g/mol. The van der Waals surface area contributed by atoms with Gasteiger partial charge in [0.25, 0.3) is 0 Å². The first-order valence-corrected chi connectivity index (χ1v) is 7.11. The van der Waals surface area contributed by atoms with Crippen molar-refractivity contribution in [3.63, 3.8) is 0 Å². The second-order valence-electron chi connectivity index (χ2n) is 5.54. The Morgan fingerprint density at radius 3 is 2.95 bits per heavy atom. The van der Waals surface area contributed by atoms with Crippen LogP contribution in [0.2, 0.25) is 0 Å². The van der Waals surface area contributed by atoms with Gasteiger partial charge in [-0.3, -0.25) is 0 Å². The van der Waals surface area contributed by atoms with Crippen molar-refractivity contribution in [3.8, 4) is 0 Å². The molecule has 0 saturated heterocycles. The van der Waals surface area contributed by atoms with E-state index < -0.39 is 0 Å². The van der Waals surface area contributed by atoms with Gasteiger partial charge >= 0.3 is 0 Å². The highest BCUT2D eigenvalue weighted by molar-refractivity contribution is 5.78. The molecule has 1 fully saturated rings. The summed E-state index contributed by atoms with van der Waals surface area (Å²) in [7, 11) is 2.00. The van der Waals surface area contributed by atoms with Gasteiger partial charge in [0.05, 0.1) is 0 Å². The lowest BCUT2D eigenvalue weighted by atomic mass is 9.78. The number of fused-ring (bicyclic) bond motifs is 1. The number of benzene rings is 1. The Labute approximate surface area is 113 Å². The first-order valence-electron chi connectivity index (χ1n) is 7.11. The van der Waals surface area contributed by atoms with E-state index in [-0.39, 0.29) is 5.82 Å². The summed E-state index contributed by atoms with van der Waals surface area (Å²) >= 11 is 0. The molecule has 3 rings (SSSR count). The summed E-state index contributed by atoms with van der Waals surface area (Å²) in [4.78, 5) is 0. The highest BCUT2D eigenvalue weighted by atomic mass is 19.1. The van der Waals surface area contributed by atoms with E-state index in [1.165, 1.54) is 31.7 Å². The molecule has 0 bridgehead atoms. The Hall–Kier alpha value is -1.35. The van der Waals surface area contributed by atoms with Gasteiger partial charge in [0.15, 0.2) is 0 Å². The van der Waals surface area contributed by atoms with Crippen molar-refractivity contribution < 1.29 is 8.81 Å². The lowest BCUT2D eigenvalue weighted by molar-refractivity contribution is 0.272. The average Bonchev–Trinajstić information content (AvgIpc) is 2.82. The number of hydrogen-bond acceptors (Lipinski definition) is 2. The Kier molecular flexibility index (Phi) is 3.56. The van der Waals surface area contributed by atoms with Crippen molar-refractivity contribution in [2.45, 2.75) is 31.6 Å². The third-order valence-electron chi connectivity index (χ3n) is 4.24. The summed E-state index contributed by atoms with van der Waals surface area (Å²) < 4.78 is 19.2. The van der Waals surface area contributed by atoms with Gasteiger partial charge in [-0.15, -0.1) is 0 Å². The van der Waals surface area contributed by atoms with Gasteiger partial charge in [0, 0.05) is 11.3 Å². The maximum atomic E-state index is 13.2. The molecule has 2 aromatic rings. The van der Waals surface area contributed by atoms with Gasteiger partial charge in [0.1, 0.15) is 17.2 Å². The molecule has 1 heterocycles. The highest BCUT2D eigenvalue weighted by Gasteiger charge is 2.28. The van der Waals surface area contributed by atoms with Crippen LogP contribution in [0.25, 0.3) is 11.0 Å². The molecule has 0 amide bonds. The molecule has 0 radical (unpaired) electrons. The minimum Gasteiger partial charge on any atom is -0.461 e. The number of rotatable bonds is 3. The summed E-state index contributed by atoms with van der Waals surface area (Å²) in [5.74, 6) is 1.93. The van der Waals surface area contributed by atoms with Crippen molar-refractivity contribution in [1.29, 1.82) is 0 Å². The molecule has 1 N–H and O–H groups in total. The van der Waals surface area contributed by atoms with Crippen LogP contribution in [0.3, 0.4) is 0 Å². The van der Waals surface area contributed by atoms with Gasteiger partial charge in [0.2, 0.25) is 0 Å². The van der Waals surface area contributed by atoms with E-state index in [1.807, 2.05) is 13.1 Å². The number of nitrogens with one attached hydrogen (secondary N) is 1. The lowest BCUT2D eigenvalue weighted by Crippen LogP contribution is -2.27. The molecule has 1 aromatic carbocycles. The van der Waals surface area contributed by atoms with Crippen molar-refractivity contribution >= 4 is 11.0 Å². The second-order valence-corrected chi connectivity index (χ2v) is 5.54. The quantitative estimate of drug-likeness (QED) is 0.901. The molecule has 19 heavy (non-hydrogen) atoms. The zero-order chi connectivity index (χ0) is 13.2. The first kappa shape index (κ1) is 12.7. The van der Waals surface area contributed by atoms with E-state index in [0.29, 0.717) is 11.8 Å². The predicted octanol–water partition coefficient (Wildman–Crippen LogP) is 4.07. The fraction of sp³-hybridized carbons (Fsp3) is 0.500. The molecule has 2 atom stereocenters. The summed E-state index contributed by atoms with van der Waals surface area (Å²) in [6.45, 7) is 1.02. The molecule has 1 aromatic heterocycles. The Morgan fingerprint density at radius 1 is 1.26 bits per heavy atom. The molecule has 1 saturated carbocycles. The number of furan rings is 1. The van der Waals surface area contributed by atoms with E-state index in [1.54, 1.807) is 12.1 Å². The summed E-state index contributed by atoms with van der Waals surface area (Å²) in [5.41, 5.74) is 0.796. The summed E-state index contributed by atoms with van der Waals surface area (Å²) in [5, 5.41) is 4.16. The van der Waals surface area contributed by atoms with Crippen LogP contribution in [-0.2, 0) is 0 Å². The maximum absolute atomic E-state index is 13.2. The molecule has 2 unspecified atom stereocenters. The van der Waals surface area contributed by atoms with E-state index in [0.717, 1.165) is 23.3 Å². The standard InChI is InChI=1S/C16H20FNO/c1-18-10-11-4-2-3-5-14(11)16-9-12-8-13(17)6-7-15(12)19-16/h6-9,11,14,18H,2-5,10H2,1H3.